The molecule has 0 aromatic carbocycles. The molecule has 534 valence electrons. The predicted molar refractivity (Wildman–Crippen MR) is 378 cm³/mol. The Kier molecular flexibility index (Phi) is 57.2. The number of unbranched alkanes of at least 4 members (excludes halogenated alkanes) is 37. The molecule has 2 rings (SSSR count). The lowest BCUT2D eigenvalue weighted by Gasteiger charge is -2.46. The van der Waals surface area contributed by atoms with E-state index in [0.717, 1.165) is 70.6 Å². The van der Waals surface area contributed by atoms with Gasteiger partial charge in [-0.25, -0.2) is 0 Å². The molecule has 2 aliphatic rings. The number of hydrogen-bond donors (Lipinski definition) is 9. The molecule has 9 N–H and O–H groups in total. The number of nitrogens with one attached hydrogen (secondary N) is 1. The lowest BCUT2D eigenvalue weighted by molar-refractivity contribution is -0.359. The first-order valence-electron chi connectivity index (χ1n) is 37.8. The molecule has 0 radical (unpaired) electrons. The number of carbonyl (C=O) groups is 1. The molecular formula is C78H139NO13. The normalized spacial score (nSPS) is 23.2. The minimum atomic E-state index is -1.80. The van der Waals surface area contributed by atoms with E-state index in [1.54, 1.807) is 6.08 Å². The van der Waals surface area contributed by atoms with Gasteiger partial charge in [0.2, 0.25) is 5.91 Å². The molecule has 0 saturated carbocycles. The van der Waals surface area contributed by atoms with Crippen LogP contribution in [0.15, 0.2) is 85.1 Å². The van der Waals surface area contributed by atoms with Crippen molar-refractivity contribution < 1.29 is 64.6 Å². The highest BCUT2D eigenvalue weighted by Crippen LogP contribution is 2.30. The van der Waals surface area contributed by atoms with Crippen LogP contribution in [-0.2, 0) is 23.7 Å². The van der Waals surface area contributed by atoms with E-state index in [9.17, 15) is 45.6 Å². The summed E-state index contributed by atoms with van der Waals surface area (Å²) in [5.41, 5.74) is 0. The van der Waals surface area contributed by atoms with Crippen LogP contribution in [0.25, 0.3) is 0 Å². The zero-order valence-corrected chi connectivity index (χ0v) is 58.3. The number of allylic oxidation sites excluding steroid dienone is 13. The van der Waals surface area contributed by atoms with Crippen molar-refractivity contribution in [3.63, 3.8) is 0 Å². The fourth-order valence-electron chi connectivity index (χ4n) is 12.1. The third kappa shape index (κ3) is 44.8. The number of aliphatic hydroxyl groups is 8. The van der Waals surface area contributed by atoms with E-state index < -0.39 is 86.8 Å². The summed E-state index contributed by atoms with van der Waals surface area (Å²) in [6.07, 6.45) is 69.4. The molecule has 12 unspecified atom stereocenters. The maximum absolute atomic E-state index is 13.3. The highest BCUT2D eigenvalue weighted by Gasteiger charge is 2.51. The monoisotopic (exact) mass is 1300 g/mol. The molecule has 0 aromatic rings. The summed E-state index contributed by atoms with van der Waals surface area (Å²) in [6, 6.07) is -0.942. The lowest BCUT2D eigenvalue weighted by atomic mass is 9.97. The molecule has 0 bridgehead atoms. The quantitative estimate of drug-likeness (QED) is 0.0204. The number of carbonyl (C=O) groups excluding carboxylic acids is 1. The Morgan fingerprint density at radius 1 is 0.402 bits per heavy atom. The van der Waals surface area contributed by atoms with Gasteiger partial charge in [0.15, 0.2) is 12.6 Å². The molecule has 14 nitrogen and oxygen atoms in total. The maximum atomic E-state index is 13.3. The molecule has 2 heterocycles. The van der Waals surface area contributed by atoms with Gasteiger partial charge < -0.3 is 65.1 Å². The van der Waals surface area contributed by atoms with Crippen LogP contribution in [0.2, 0.25) is 0 Å². The van der Waals surface area contributed by atoms with Crippen LogP contribution in [-0.4, -0.2) is 140 Å². The summed E-state index contributed by atoms with van der Waals surface area (Å²) < 4.78 is 22.9. The molecule has 0 aliphatic carbocycles. The highest BCUT2D eigenvalue weighted by molar-refractivity contribution is 5.76. The van der Waals surface area contributed by atoms with Crippen molar-refractivity contribution in [1.82, 2.24) is 5.32 Å². The first-order valence-corrected chi connectivity index (χ1v) is 37.8. The first-order chi connectivity index (χ1) is 45.1. The van der Waals surface area contributed by atoms with E-state index in [4.69, 9.17) is 18.9 Å². The Morgan fingerprint density at radius 2 is 0.761 bits per heavy atom. The van der Waals surface area contributed by atoms with Crippen LogP contribution in [0.3, 0.4) is 0 Å². The van der Waals surface area contributed by atoms with Gasteiger partial charge in [0.25, 0.3) is 0 Å². The third-order valence-corrected chi connectivity index (χ3v) is 18.1. The standard InChI is InChI=1S/C78H139NO13/c1-3-5-7-9-11-13-15-17-19-21-23-25-27-29-30-31-32-33-34-35-36-38-39-41-43-45-47-49-51-53-55-57-59-61-67(82)66(65-89-77-75(88)73(86)76(69(64-81)91-77)92-78-74(87)72(85)71(84)68(63-80)90-78)79-70(83)62-60-58-56-54-52-50-48-46-44-42-40-37-28-26-24-22-20-18-16-14-12-10-8-6-4-2/h6,8,12,14,18,20,24,26,37,40,51,53,59,61,66-69,71-78,80-82,84-88H,3-5,7,9-11,13,15-17,19,21-23,25,27-36,38-39,41-50,52,54-58,60,62-65H2,1-2H3,(H,79,83)/b8-6-,14-12-,20-18-,26-24-,40-37-,53-51+,61-59+. The van der Waals surface area contributed by atoms with Gasteiger partial charge in [0.05, 0.1) is 32.0 Å². The zero-order chi connectivity index (χ0) is 66.6. The average Bonchev–Trinajstić information content (AvgIpc) is 0.865. The Bertz CT molecular complexity index is 1870. The minimum Gasteiger partial charge on any atom is -0.394 e. The highest BCUT2D eigenvalue weighted by atomic mass is 16.7. The smallest absolute Gasteiger partial charge is 0.220 e. The molecule has 2 saturated heterocycles. The van der Waals surface area contributed by atoms with Gasteiger partial charge in [-0.3, -0.25) is 4.79 Å². The summed E-state index contributed by atoms with van der Waals surface area (Å²) in [5, 5.41) is 87.5. The molecule has 0 spiro atoms. The number of aliphatic hydroxyl groups excluding tert-OH is 8. The predicted octanol–water partition coefficient (Wildman–Crippen LogP) is 16.4. The SMILES string of the molecule is CC/C=C\C/C=C\C/C=C\C/C=C\C/C=C\CCCCCCCCCCCC(=O)NC(COC1OC(CO)C(OC2OC(CO)C(O)C(O)C2O)C(O)C1O)C(O)/C=C/CC/C=C/CCCCCCCCCCCCCCCCCCCCCCCCCCCCC. The molecule has 12 atom stereocenters. The Morgan fingerprint density at radius 3 is 1.20 bits per heavy atom. The van der Waals surface area contributed by atoms with E-state index in [2.05, 4.69) is 92.1 Å². The van der Waals surface area contributed by atoms with Crippen molar-refractivity contribution in [3.05, 3.63) is 85.1 Å². The largest absolute Gasteiger partial charge is 0.394 e. The fraction of sp³-hybridized carbons (Fsp3) is 0.808. The molecule has 1 amide bonds. The zero-order valence-electron chi connectivity index (χ0n) is 58.3. The summed E-state index contributed by atoms with van der Waals surface area (Å²) >= 11 is 0. The van der Waals surface area contributed by atoms with Gasteiger partial charge in [0.1, 0.15) is 48.8 Å². The van der Waals surface area contributed by atoms with E-state index in [0.29, 0.717) is 12.8 Å². The van der Waals surface area contributed by atoms with Crippen LogP contribution in [0, 0.1) is 0 Å². The Labute approximate surface area is 561 Å². The van der Waals surface area contributed by atoms with Crippen LogP contribution in [0.4, 0.5) is 0 Å². The van der Waals surface area contributed by atoms with Crippen molar-refractivity contribution in [3.8, 4) is 0 Å². The number of rotatable bonds is 62. The van der Waals surface area contributed by atoms with E-state index in [1.807, 2.05) is 6.08 Å². The Balaban J connectivity index is 1.66. The van der Waals surface area contributed by atoms with E-state index in [-0.39, 0.29) is 18.9 Å². The van der Waals surface area contributed by atoms with Gasteiger partial charge in [-0.15, -0.1) is 0 Å². The minimum absolute atomic E-state index is 0.256. The van der Waals surface area contributed by atoms with Crippen molar-refractivity contribution in [2.45, 2.75) is 383 Å². The average molecular weight is 1300 g/mol. The van der Waals surface area contributed by atoms with Crippen molar-refractivity contribution in [2.24, 2.45) is 0 Å². The Hall–Kier alpha value is -2.83. The maximum Gasteiger partial charge on any atom is 0.220 e. The summed E-state index contributed by atoms with van der Waals surface area (Å²) in [7, 11) is 0. The molecule has 14 heteroatoms. The molecule has 2 fully saturated rings. The van der Waals surface area contributed by atoms with Gasteiger partial charge in [-0.1, -0.05) is 311 Å². The van der Waals surface area contributed by atoms with E-state index in [1.165, 1.54) is 205 Å². The second-order valence-electron chi connectivity index (χ2n) is 26.4. The van der Waals surface area contributed by atoms with Crippen molar-refractivity contribution in [1.29, 1.82) is 0 Å². The van der Waals surface area contributed by atoms with Gasteiger partial charge in [-0.05, 0) is 77.0 Å². The number of amides is 1. The third-order valence-electron chi connectivity index (χ3n) is 18.1. The van der Waals surface area contributed by atoms with Gasteiger partial charge in [0, 0.05) is 6.42 Å². The van der Waals surface area contributed by atoms with Crippen LogP contribution in [0.5, 0.6) is 0 Å². The topological polar surface area (TPSA) is 228 Å². The molecule has 92 heavy (non-hydrogen) atoms. The van der Waals surface area contributed by atoms with Gasteiger partial charge in [-0.2, -0.15) is 0 Å². The van der Waals surface area contributed by atoms with Crippen molar-refractivity contribution >= 4 is 5.91 Å². The summed E-state index contributed by atoms with van der Waals surface area (Å²) in [6.45, 7) is 2.70. The van der Waals surface area contributed by atoms with Gasteiger partial charge >= 0.3 is 0 Å². The second-order valence-corrected chi connectivity index (χ2v) is 26.4. The van der Waals surface area contributed by atoms with E-state index >= 15 is 0 Å². The van der Waals surface area contributed by atoms with Crippen molar-refractivity contribution in [2.75, 3.05) is 19.8 Å². The summed E-state index contributed by atoms with van der Waals surface area (Å²) in [5.74, 6) is -0.256. The van der Waals surface area contributed by atoms with Crippen LogP contribution in [0.1, 0.15) is 309 Å². The second kappa shape index (κ2) is 61.7. The first kappa shape index (κ1) is 85.3. The summed E-state index contributed by atoms with van der Waals surface area (Å²) in [4.78, 5) is 13.3. The van der Waals surface area contributed by atoms with Crippen LogP contribution >= 0.6 is 0 Å². The lowest BCUT2D eigenvalue weighted by Crippen LogP contribution is -2.65. The molecule has 2 aliphatic heterocycles. The number of ether oxygens (including phenoxy) is 4. The molecular weight excluding hydrogens is 1160 g/mol. The van der Waals surface area contributed by atoms with Crippen LogP contribution < -0.4 is 5.32 Å². The fourth-order valence-corrected chi connectivity index (χ4v) is 12.1. The molecule has 0 aromatic heterocycles. The number of hydrogen-bond acceptors (Lipinski definition) is 13.